The van der Waals surface area contributed by atoms with E-state index in [1.165, 1.54) is 11.3 Å². The molecule has 1 fully saturated rings. The van der Waals surface area contributed by atoms with Crippen molar-refractivity contribution in [2.24, 2.45) is 0 Å². The van der Waals surface area contributed by atoms with E-state index in [9.17, 15) is 4.79 Å². The molecule has 100 valence electrons. The van der Waals surface area contributed by atoms with E-state index in [0.717, 1.165) is 36.1 Å². The van der Waals surface area contributed by atoms with Gasteiger partial charge >= 0.3 is 0 Å². The third kappa shape index (κ3) is 3.14. The zero-order valence-corrected chi connectivity index (χ0v) is 12.3. The molecule has 1 amide bonds. The highest BCUT2D eigenvalue weighted by Gasteiger charge is 2.27. The van der Waals surface area contributed by atoms with Gasteiger partial charge in [-0.25, -0.2) is 0 Å². The smallest absolute Gasteiger partial charge is 0.285 e. The summed E-state index contributed by atoms with van der Waals surface area (Å²) >= 11 is 3.24. The van der Waals surface area contributed by atoms with Crippen molar-refractivity contribution in [2.45, 2.75) is 26.3 Å². The third-order valence-corrected chi connectivity index (χ3v) is 4.82. The van der Waals surface area contributed by atoms with Crippen LogP contribution >= 0.6 is 23.1 Å². The molecule has 1 unspecified atom stereocenters. The summed E-state index contributed by atoms with van der Waals surface area (Å²) in [6, 6.07) is 0.284. The minimum Gasteiger partial charge on any atom is -0.360 e. The molecule has 0 spiro atoms. The molecule has 1 aromatic rings. The highest BCUT2D eigenvalue weighted by Crippen LogP contribution is 2.21. The molecule has 0 saturated carbocycles. The standard InChI is InChI=1S/C11H18N4OS2/c1-3-4-12-11-14-13-9(18-11)10(16)15-5-6-17-7-8(15)2/h8H,3-7H2,1-2H3,(H,12,14). The third-order valence-electron chi connectivity index (χ3n) is 2.76. The lowest BCUT2D eigenvalue weighted by Gasteiger charge is -2.32. The Morgan fingerprint density at radius 2 is 2.39 bits per heavy atom. The minimum atomic E-state index is 0.0184. The molecular formula is C11H18N4OS2. The Labute approximate surface area is 115 Å². The van der Waals surface area contributed by atoms with E-state index >= 15 is 0 Å². The molecule has 0 aromatic carbocycles. The average molecular weight is 286 g/mol. The number of hydrogen-bond acceptors (Lipinski definition) is 6. The maximum Gasteiger partial charge on any atom is 0.285 e. The summed E-state index contributed by atoms with van der Waals surface area (Å²) in [6.45, 7) is 5.84. The Hall–Kier alpha value is -0.820. The summed E-state index contributed by atoms with van der Waals surface area (Å²) in [4.78, 5) is 14.2. The predicted molar refractivity (Wildman–Crippen MR) is 76.5 cm³/mol. The first-order valence-electron chi connectivity index (χ1n) is 6.18. The van der Waals surface area contributed by atoms with Gasteiger partial charge in [0.25, 0.3) is 5.91 Å². The number of nitrogens with zero attached hydrogens (tertiary/aromatic N) is 3. The second kappa shape index (κ2) is 6.38. The summed E-state index contributed by atoms with van der Waals surface area (Å²) in [5, 5.41) is 12.4. The van der Waals surface area contributed by atoms with Crippen molar-refractivity contribution in [3.63, 3.8) is 0 Å². The minimum absolute atomic E-state index is 0.0184. The predicted octanol–water partition coefficient (Wildman–Crippen LogP) is 1.94. The highest BCUT2D eigenvalue weighted by atomic mass is 32.2. The van der Waals surface area contributed by atoms with E-state index in [-0.39, 0.29) is 11.9 Å². The first-order valence-corrected chi connectivity index (χ1v) is 8.15. The first-order chi connectivity index (χ1) is 8.72. The van der Waals surface area contributed by atoms with Gasteiger partial charge in [-0.2, -0.15) is 11.8 Å². The number of amides is 1. The van der Waals surface area contributed by atoms with Crippen molar-refractivity contribution in [3.05, 3.63) is 5.01 Å². The molecular weight excluding hydrogens is 268 g/mol. The molecule has 1 N–H and O–H groups in total. The SMILES string of the molecule is CCCNc1nnc(C(=O)N2CCSCC2C)s1. The van der Waals surface area contributed by atoms with Gasteiger partial charge in [-0.3, -0.25) is 4.79 Å². The average Bonchev–Trinajstić information content (AvgIpc) is 2.85. The van der Waals surface area contributed by atoms with E-state index < -0.39 is 0 Å². The maximum atomic E-state index is 12.3. The normalized spacial score (nSPS) is 19.9. The van der Waals surface area contributed by atoms with E-state index in [1.54, 1.807) is 0 Å². The van der Waals surface area contributed by atoms with Gasteiger partial charge in [0.15, 0.2) is 0 Å². The van der Waals surface area contributed by atoms with Gasteiger partial charge in [0.2, 0.25) is 10.1 Å². The van der Waals surface area contributed by atoms with Crippen LogP contribution in [0.4, 0.5) is 5.13 Å². The molecule has 18 heavy (non-hydrogen) atoms. The van der Waals surface area contributed by atoms with Crippen molar-refractivity contribution in [3.8, 4) is 0 Å². The summed E-state index contributed by atoms with van der Waals surface area (Å²) < 4.78 is 0. The van der Waals surface area contributed by atoms with Crippen molar-refractivity contribution in [1.29, 1.82) is 0 Å². The number of anilines is 1. The van der Waals surface area contributed by atoms with E-state index in [0.29, 0.717) is 5.01 Å². The lowest BCUT2D eigenvalue weighted by atomic mass is 10.3. The van der Waals surface area contributed by atoms with Gasteiger partial charge in [0.05, 0.1) is 0 Å². The second-order valence-electron chi connectivity index (χ2n) is 4.26. The Kier molecular flexibility index (Phi) is 4.82. The molecule has 1 aliphatic rings. The lowest BCUT2D eigenvalue weighted by Crippen LogP contribution is -2.44. The molecule has 0 bridgehead atoms. The molecule has 7 heteroatoms. The lowest BCUT2D eigenvalue weighted by molar-refractivity contribution is 0.0715. The summed E-state index contributed by atoms with van der Waals surface area (Å²) in [6.07, 6.45) is 1.03. The largest absolute Gasteiger partial charge is 0.360 e. The van der Waals surface area contributed by atoms with Gasteiger partial charge < -0.3 is 10.2 Å². The molecule has 1 aromatic heterocycles. The fraction of sp³-hybridized carbons (Fsp3) is 0.727. The number of rotatable bonds is 4. The van der Waals surface area contributed by atoms with Crippen molar-refractivity contribution < 1.29 is 4.79 Å². The molecule has 2 rings (SSSR count). The van der Waals surface area contributed by atoms with Gasteiger partial charge in [0, 0.05) is 30.6 Å². The Bertz CT molecular complexity index is 410. The topological polar surface area (TPSA) is 58.1 Å². The number of carbonyl (C=O) groups is 1. The molecule has 2 heterocycles. The monoisotopic (exact) mass is 286 g/mol. The van der Waals surface area contributed by atoms with Crippen LogP contribution in [-0.4, -0.2) is 51.6 Å². The quantitative estimate of drug-likeness (QED) is 0.916. The number of thioether (sulfide) groups is 1. The van der Waals surface area contributed by atoms with Crippen molar-refractivity contribution >= 4 is 34.1 Å². The Morgan fingerprint density at radius 3 is 3.11 bits per heavy atom. The summed E-state index contributed by atoms with van der Waals surface area (Å²) in [5.41, 5.74) is 0. The van der Waals surface area contributed by atoms with E-state index in [1.807, 2.05) is 16.7 Å². The zero-order chi connectivity index (χ0) is 13.0. The zero-order valence-electron chi connectivity index (χ0n) is 10.7. The fourth-order valence-electron chi connectivity index (χ4n) is 1.76. The van der Waals surface area contributed by atoms with Gasteiger partial charge in [-0.05, 0) is 13.3 Å². The fourth-order valence-corrected chi connectivity index (χ4v) is 3.50. The molecule has 0 radical (unpaired) electrons. The number of hydrogen-bond donors (Lipinski definition) is 1. The summed E-state index contributed by atoms with van der Waals surface area (Å²) in [7, 11) is 0. The molecule has 1 atom stereocenters. The molecule has 1 aliphatic heterocycles. The Balaban J connectivity index is 2.01. The van der Waals surface area contributed by atoms with Gasteiger partial charge in [-0.1, -0.05) is 18.3 Å². The van der Waals surface area contributed by atoms with Crippen LogP contribution in [0.5, 0.6) is 0 Å². The van der Waals surface area contributed by atoms with Crippen molar-refractivity contribution in [2.75, 3.05) is 29.9 Å². The molecule has 0 aliphatic carbocycles. The van der Waals surface area contributed by atoms with Crippen LogP contribution in [0, 0.1) is 0 Å². The number of nitrogens with one attached hydrogen (secondary N) is 1. The molecule has 5 nitrogen and oxygen atoms in total. The van der Waals surface area contributed by atoms with Crippen LogP contribution in [0.2, 0.25) is 0 Å². The van der Waals surface area contributed by atoms with Crippen LogP contribution in [0.15, 0.2) is 0 Å². The number of aromatic nitrogens is 2. The van der Waals surface area contributed by atoms with E-state index in [4.69, 9.17) is 0 Å². The van der Waals surface area contributed by atoms with Gasteiger partial charge in [0.1, 0.15) is 0 Å². The van der Waals surface area contributed by atoms with Crippen LogP contribution in [0.25, 0.3) is 0 Å². The van der Waals surface area contributed by atoms with E-state index in [2.05, 4.69) is 29.4 Å². The second-order valence-corrected chi connectivity index (χ2v) is 6.39. The van der Waals surface area contributed by atoms with Crippen molar-refractivity contribution in [1.82, 2.24) is 15.1 Å². The van der Waals surface area contributed by atoms with Crippen LogP contribution < -0.4 is 5.32 Å². The Morgan fingerprint density at radius 1 is 1.56 bits per heavy atom. The highest BCUT2D eigenvalue weighted by molar-refractivity contribution is 7.99. The van der Waals surface area contributed by atoms with Gasteiger partial charge in [-0.15, -0.1) is 10.2 Å². The van der Waals surface area contributed by atoms with Crippen LogP contribution in [0.1, 0.15) is 30.1 Å². The van der Waals surface area contributed by atoms with Crippen LogP contribution in [0.3, 0.4) is 0 Å². The number of carbonyl (C=O) groups excluding carboxylic acids is 1. The molecule has 1 saturated heterocycles. The first kappa shape index (κ1) is 13.6. The van der Waals surface area contributed by atoms with Crippen LogP contribution in [-0.2, 0) is 0 Å². The maximum absolute atomic E-state index is 12.3. The summed E-state index contributed by atoms with van der Waals surface area (Å²) in [5.74, 6) is 2.03.